The summed E-state index contributed by atoms with van der Waals surface area (Å²) in [5.41, 5.74) is 10.9. The molecule has 11 nitrogen and oxygen atoms in total. The summed E-state index contributed by atoms with van der Waals surface area (Å²) in [5, 5.41) is 1.89. The first kappa shape index (κ1) is 41.1. The minimum absolute atomic E-state index is 0.00622. The van der Waals surface area contributed by atoms with Gasteiger partial charge in [-0.1, -0.05) is 0 Å². The minimum atomic E-state index is -0.362. The van der Waals surface area contributed by atoms with E-state index >= 15 is 0 Å². The van der Waals surface area contributed by atoms with Gasteiger partial charge in [-0.3, -0.25) is 14.8 Å². The number of rotatable bonds is 7. The number of benzene rings is 2. The number of carbonyl (C=O) groups excluding carboxylic acids is 1. The van der Waals surface area contributed by atoms with Crippen LogP contribution in [0.3, 0.4) is 0 Å². The van der Waals surface area contributed by atoms with Crippen molar-refractivity contribution in [2.75, 3.05) is 6.61 Å². The van der Waals surface area contributed by atoms with Crippen LogP contribution >= 0.6 is 22.6 Å². The SMILES string of the molecule is CCOC(=O)Cc1nc(C)c2c(-c3ccncc3)c(-c3ccc(F)cc3)n(C)c2n1.Cc1nc(I)nc2c1c(-c1ccncc1)c(-c1ccc(F)cc1)n2C.[O]=[Pd]. The molecule has 6 aromatic heterocycles. The van der Waals surface area contributed by atoms with Crippen molar-refractivity contribution in [2.45, 2.75) is 27.2 Å². The van der Waals surface area contributed by atoms with Gasteiger partial charge in [0.15, 0.2) is 3.83 Å². The number of nitrogens with zero attached hydrogens (tertiary/aromatic N) is 8. The maximum absolute atomic E-state index is 13.6. The molecule has 8 rings (SSSR count). The van der Waals surface area contributed by atoms with Gasteiger partial charge in [0.2, 0.25) is 0 Å². The Morgan fingerprint density at radius 1 is 0.649 bits per heavy atom. The summed E-state index contributed by atoms with van der Waals surface area (Å²) >= 11 is 3.63. The van der Waals surface area contributed by atoms with Crippen molar-refractivity contribution in [3.63, 3.8) is 0 Å². The molecule has 8 aromatic rings. The predicted octanol–water partition coefficient (Wildman–Crippen LogP) is 8.88. The van der Waals surface area contributed by atoms with Gasteiger partial charge < -0.3 is 13.9 Å². The van der Waals surface area contributed by atoms with Gasteiger partial charge in [0.25, 0.3) is 0 Å². The van der Waals surface area contributed by atoms with Crippen LogP contribution in [-0.2, 0) is 52.7 Å². The van der Waals surface area contributed by atoms with Gasteiger partial charge >= 0.3 is 28.6 Å². The van der Waals surface area contributed by atoms with Gasteiger partial charge in [-0.2, -0.15) is 0 Å². The number of aryl methyl sites for hydroxylation is 4. The Labute approximate surface area is 351 Å². The van der Waals surface area contributed by atoms with Crippen molar-refractivity contribution in [1.82, 2.24) is 39.0 Å². The quantitative estimate of drug-likeness (QED) is 0.0666. The number of carbonyl (C=O) groups is 1. The monoisotopic (exact) mass is 970 g/mol. The summed E-state index contributed by atoms with van der Waals surface area (Å²) < 4.78 is 44.8. The van der Waals surface area contributed by atoms with E-state index < -0.39 is 0 Å². The number of hydrogen-bond acceptors (Lipinski definition) is 9. The Bertz CT molecular complexity index is 2690. The molecular formula is C42H35F2IN8O3Pd. The Kier molecular flexibility index (Phi) is 13.1. The first-order valence-electron chi connectivity index (χ1n) is 17.5. The Balaban J connectivity index is 0.000000187. The number of ether oxygens (including phenoxy) is 1. The van der Waals surface area contributed by atoms with Gasteiger partial charge in [0.05, 0.1) is 29.4 Å². The third-order valence-electron chi connectivity index (χ3n) is 9.22. The van der Waals surface area contributed by atoms with Crippen molar-refractivity contribution >= 4 is 50.6 Å². The molecule has 0 saturated heterocycles. The maximum atomic E-state index is 13.6. The van der Waals surface area contributed by atoms with Crippen molar-refractivity contribution in [3.05, 3.63) is 130 Å². The first-order chi connectivity index (χ1) is 27.5. The zero-order valence-corrected chi connectivity index (χ0v) is 35.1. The van der Waals surface area contributed by atoms with Crippen LogP contribution in [0.4, 0.5) is 8.78 Å². The average molecular weight is 971 g/mol. The number of pyridine rings is 2. The Morgan fingerprint density at radius 2 is 1.07 bits per heavy atom. The molecule has 0 aliphatic heterocycles. The number of fused-ring (bicyclic) bond motifs is 2. The molecule has 292 valence electrons. The van der Waals surface area contributed by atoms with E-state index in [0.29, 0.717) is 21.9 Å². The van der Waals surface area contributed by atoms with Crippen molar-refractivity contribution in [1.29, 1.82) is 0 Å². The molecule has 0 radical (unpaired) electrons. The topological polar surface area (TPSA) is 131 Å². The molecule has 0 aliphatic rings. The molecule has 0 saturated carbocycles. The fourth-order valence-electron chi connectivity index (χ4n) is 6.90. The van der Waals surface area contributed by atoms with Crippen LogP contribution in [0.2, 0.25) is 0 Å². The van der Waals surface area contributed by atoms with Crippen LogP contribution in [0.5, 0.6) is 0 Å². The fraction of sp³-hybridized carbons (Fsp3) is 0.167. The van der Waals surface area contributed by atoms with E-state index in [1.165, 1.54) is 43.4 Å². The van der Waals surface area contributed by atoms with Crippen LogP contribution in [-0.4, -0.2) is 51.6 Å². The second-order valence-electron chi connectivity index (χ2n) is 12.7. The first-order valence-corrected chi connectivity index (χ1v) is 19.3. The summed E-state index contributed by atoms with van der Waals surface area (Å²) in [5.74, 6) is -0.501. The standard InChI is InChI=1S/C23H21FN4O2.C19H14FIN4.O.Pd/c1-4-30-19(29)13-18-26-14(2)20-21(15-9-11-25-12-10-15)22(28(3)23(20)27-18)16-5-7-17(24)8-6-16;1-11-15-16(12-7-9-22-10-8-12)17(13-3-5-14(20)6-4-13)25(2)18(15)24-19(21)23-11;;/h5-12H,4,13H2,1-3H3;3-10H,1-2H3;;. The number of hydrogen-bond donors (Lipinski definition) is 0. The van der Waals surface area contributed by atoms with Gasteiger partial charge in [-0.05, 0) is 116 Å². The molecule has 0 amide bonds. The molecule has 15 heteroatoms. The molecule has 0 unspecified atom stereocenters. The van der Waals surface area contributed by atoms with E-state index in [4.69, 9.17) is 8.21 Å². The third-order valence-corrected chi connectivity index (χ3v) is 9.70. The van der Waals surface area contributed by atoms with Crippen LogP contribution in [0, 0.1) is 29.3 Å². The fourth-order valence-corrected chi connectivity index (χ4v) is 7.49. The second kappa shape index (κ2) is 18.2. The number of aromatic nitrogens is 8. The Hall–Kier alpha value is -5.50. The van der Waals surface area contributed by atoms with Gasteiger partial charge in [-0.25, -0.2) is 28.7 Å². The molecular weight excluding hydrogens is 936 g/mol. The van der Waals surface area contributed by atoms with Crippen molar-refractivity contribution in [2.24, 2.45) is 14.1 Å². The summed E-state index contributed by atoms with van der Waals surface area (Å²) in [6.07, 6.45) is 7.01. The van der Waals surface area contributed by atoms with E-state index in [1.807, 2.05) is 56.8 Å². The molecule has 6 heterocycles. The van der Waals surface area contributed by atoms with Crippen molar-refractivity contribution in [3.8, 4) is 44.8 Å². The molecule has 0 fully saturated rings. The number of halogens is 3. The zero-order chi connectivity index (χ0) is 40.8. The molecule has 0 bridgehead atoms. The molecule has 0 aliphatic carbocycles. The summed E-state index contributed by atoms with van der Waals surface area (Å²) in [7, 11) is 3.89. The summed E-state index contributed by atoms with van der Waals surface area (Å²) in [4.78, 5) is 38.6. The van der Waals surface area contributed by atoms with Crippen LogP contribution in [0.1, 0.15) is 24.1 Å². The summed E-state index contributed by atoms with van der Waals surface area (Å²) in [6, 6.07) is 20.7. The van der Waals surface area contributed by atoms with Crippen LogP contribution < -0.4 is 0 Å². The average Bonchev–Trinajstić information content (AvgIpc) is 3.68. The second-order valence-corrected chi connectivity index (χ2v) is 13.7. The van der Waals surface area contributed by atoms with Gasteiger partial charge in [-0.15, -0.1) is 0 Å². The van der Waals surface area contributed by atoms with E-state index in [0.717, 1.165) is 72.6 Å². The van der Waals surface area contributed by atoms with E-state index in [-0.39, 0.29) is 24.0 Å². The normalized spacial score (nSPS) is 10.8. The molecule has 0 spiro atoms. The number of esters is 1. The third kappa shape index (κ3) is 8.60. The van der Waals surface area contributed by atoms with Crippen molar-refractivity contribution < 1.29 is 40.9 Å². The Morgan fingerprint density at radius 3 is 1.51 bits per heavy atom. The van der Waals surface area contributed by atoms with E-state index in [9.17, 15) is 13.6 Å². The van der Waals surface area contributed by atoms with E-state index in [2.05, 4.69) is 57.1 Å². The molecule has 0 atom stereocenters. The van der Waals surface area contributed by atoms with Gasteiger partial charge in [0.1, 0.15) is 35.2 Å². The molecule has 0 N–H and O–H groups in total. The zero-order valence-electron chi connectivity index (χ0n) is 31.4. The molecule has 57 heavy (non-hydrogen) atoms. The van der Waals surface area contributed by atoms with Crippen LogP contribution in [0.25, 0.3) is 66.8 Å². The van der Waals surface area contributed by atoms with E-state index in [1.54, 1.807) is 56.0 Å². The molecule has 2 aromatic carbocycles. The van der Waals surface area contributed by atoms with Crippen LogP contribution in [0.15, 0.2) is 97.6 Å². The summed E-state index contributed by atoms with van der Waals surface area (Å²) in [6.45, 7) is 5.97. The predicted molar refractivity (Wildman–Crippen MR) is 217 cm³/mol. The van der Waals surface area contributed by atoms with Gasteiger partial charge in [0, 0.05) is 83.4 Å².